The number of rotatable bonds is 8. The standard InChI is InChI=1S/C16H31N3O3/c1-3-4-8-13(2)18-15(20)17-11-12-22-16(21)19-14-9-6-5-7-10-14/h13-14H,3-12H2,1-2H3,(H,19,21)(H2,17,18,20). The van der Waals surface area contributed by atoms with Gasteiger partial charge >= 0.3 is 12.1 Å². The van der Waals surface area contributed by atoms with E-state index in [9.17, 15) is 9.59 Å². The molecule has 1 fully saturated rings. The summed E-state index contributed by atoms with van der Waals surface area (Å²) in [5.74, 6) is 0. The molecule has 0 aromatic heterocycles. The number of nitrogens with one attached hydrogen (secondary N) is 3. The Morgan fingerprint density at radius 3 is 2.64 bits per heavy atom. The van der Waals surface area contributed by atoms with Gasteiger partial charge in [-0.25, -0.2) is 9.59 Å². The predicted molar refractivity (Wildman–Crippen MR) is 86.9 cm³/mol. The second-order valence-electron chi connectivity index (χ2n) is 6.06. The van der Waals surface area contributed by atoms with Gasteiger partial charge in [-0.3, -0.25) is 0 Å². The van der Waals surface area contributed by atoms with E-state index in [-0.39, 0.29) is 30.8 Å². The molecule has 1 saturated carbocycles. The van der Waals surface area contributed by atoms with Crippen molar-refractivity contribution in [1.29, 1.82) is 0 Å². The van der Waals surface area contributed by atoms with Gasteiger partial charge in [-0.15, -0.1) is 0 Å². The minimum absolute atomic E-state index is 0.162. The van der Waals surface area contributed by atoms with Crippen LogP contribution in [0.5, 0.6) is 0 Å². The van der Waals surface area contributed by atoms with Gasteiger partial charge in [0.1, 0.15) is 6.61 Å². The second kappa shape index (κ2) is 11.2. The van der Waals surface area contributed by atoms with E-state index in [1.807, 2.05) is 6.92 Å². The number of ether oxygens (including phenoxy) is 1. The van der Waals surface area contributed by atoms with Crippen LogP contribution >= 0.6 is 0 Å². The Bertz CT molecular complexity index is 331. The van der Waals surface area contributed by atoms with E-state index < -0.39 is 0 Å². The number of carbonyl (C=O) groups is 2. The SMILES string of the molecule is CCCCC(C)NC(=O)NCCOC(=O)NC1CCCCC1. The van der Waals surface area contributed by atoms with Crippen LogP contribution in [-0.4, -0.2) is 37.4 Å². The summed E-state index contributed by atoms with van der Waals surface area (Å²) in [5, 5.41) is 8.43. The molecule has 3 N–H and O–H groups in total. The smallest absolute Gasteiger partial charge is 0.407 e. The summed E-state index contributed by atoms with van der Waals surface area (Å²) in [7, 11) is 0. The minimum Gasteiger partial charge on any atom is -0.448 e. The third-order valence-corrected chi connectivity index (χ3v) is 3.92. The topological polar surface area (TPSA) is 79.5 Å². The summed E-state index contributed by atoms with van der Waals surface area (Å²) in [4.78, 5) is 23.2. The lowest BCUT2D eigenvalue weighted by molar-refractivity contribution is 0.140. The van der Waals surface area contributed by atoms with Gasteiger partial charge in [-0.2, -0.15) is 0 Å². The second-order valence-corrected chi connectivity index (χ2v) is 6.06. The first-order valence-electron chi connectivity index (χ1n) is 8.59. The van der Waals surface area contributed by atoms with Crippen LogP contribution in [0.1, 0.15) is 65.2 Å². The number of hydrogen-bond acceptors (Lipinski definition) is 3. The summed E-state index contributed by atoms with van der Waals surface area (Å²) < 4.78 is 5.07. The lowest BCUT2D eigenvalue weighted by Gasteiger charge is -2.22. The van der Waals surface area contributed by atoms with Crippen molar-refractivity contribution < 1.29 is 14.3 Å². The molecule has 1 atom stereocenters. The molecular weight excluding hydrogens is 282 g/mol. The van der Waals surface area contributed by atoms with Crippen molar-refractivity contribution in [2.45, 2.75) is 77.3 Å². The van der Waals surface area contributed by atoms with Crippen LogP contribution in [0.3, 0.4) is 0 Å². The van der Waals surface area contributed by atoms with Crippen molar-refractivity contribution in [2.24, 2.45) is 0 Å². The predicted octanol–water partition coefficient (Wildman–Crippen LogP) is 2.92. The largest absolute Gasteiger partial charge is 0.448 e. The van der Waals surface area contributed by atoms with Crippen LogP contribution < -0.4 is 16.0 Å². The minimum atomic E-state index is -0.384. The Morgan fingerprint density at radius 2 is 1.95 bits per heavy atom. The van der Waals surface area contributed by atoms with Crippen LogP contribution in [0.4, 0.5) is 9.59 Å². The molecule has 0 heterocycles. The number of alkyl carbamates (subject to hydrolysis) is 1. The Kier molecular flexibility index (Phi) is 9.42. The Hall–Kier alpha value is -1.46. The first-order chi connectivity index (χ1) is 10.6. The lowest BCUT2D eigenvalue weighted by atomic mass is 9.96. The summed E-state index contributed by atoms with van der Waals surface area (Å²) in [5.41, 5.74) is 0. The summed E-state index contributed by atoms with van der Waals surface area (Å²) in [6.07, 6.45) is 8.48. The van der Waals surface area contributed by atoms with Gasteiger partial charge in [0.15, 0.2) is 0 Å². The van der Waals surface area contributed by atoms with Gasteiger partial charge in [0, 0.05) is 12.1 Å². The summed E-state index contributed by atoms with van der Waals surface area (Å²) >= 11 is 0. The maximum Gasteiger partial charge on any atom is 0.407 e. The molecule has 6 nitrogen and oxygen atoms in total. The van der Waals surface area contributed by atoms with Crippen LogP contribution in [0.15, 0.2) is 0 Å². The molecule has 0 aromatic carbocycles. The molecule has 0 spiro atoms. The first kappa shape index (κ1) is 18.6. The van der Waals surface area contributed by atoms with Gasteiger partial charge in [0.2, 0.25) is 0 Å². The molecule has 0 aromatic rings. The third kappa shape index (κ3) is 8.74. The van der Waals surface area contributed by atoms with E-state index in [1.54, 1.807) is 0 Å². The zero-order valence-electron chi connectivity index (χ0n) is 14.0. The van der Waals surface area contributed by atoms with Crippen molar-refractivity contribution in [3.63, 3.8) is 0 Å². The van der Waals surface area contributed by atoms with Crippen molar-refractivity contribution >= 4 is 12.1 Å². The molecule has 128 valence electrons. The normalized spacial score (nSPS) is 16.6. The van der Waals surface area contributed by atoms with Crippen LogP contribution in [0.25, 0.3) is 0 Å². The highest BCUT2D eigenvalue weighted by molar-refractivity contribution is 5.74. The van der Waals surface area contributed by atoms with E-state index in [2.05, 4.69) is 22.9 Å². The molecule has 22 heavy (non-hydrogen) atoms. The zero-order chi connectivity index (χ0) is 16.2. The Morgan fingerprint density at radius 1 is 1.23 bits per heavy atom. The zero-order valence-corrected chi connectivity index (χ0v) is 14.0. The maximum absolute atomic E-state index is 11.6. The van der Waals surface area contributed by atoms with Crippen molar-refractivity contribution in [2.75, 3.05) is 13.2 Å². The Labute approximate surface area is 133 Å². The molecule has 1 aliphatic rings. The van der Waals surface area contributed by atoms with Gasteiger partial charge < -0.3 is 20.7 Å². The van der Waals surface area contributed by atoms with E-state index >= 15 is 0 Å². The number of hydrogen-bond donors (Lipinski definition) is 3. The molecule has 0 saturated heterocycles. The van der Waals surface area contributed by atoms with Gasteiger partial charge in [0.05, 0.1) is 6.54 Å². The molecule has 6 heteroatoms. The van der Waals surface area contributed by atoms with E-state index in [0.29, 0.717) is 6.54 Å². The molecule has 3 amide bonds. The Balaban J connectivity index is 2.01. The fraction of sp³-hybridized carbons (Fsp3) is 0.875. The molecule has 1 unspecified atom stereocenters. The highest BCUT2D eigenvalue weighted by Crippen LogP contribution is 2.17. The third-order valence-electron chi connectivity index (χ3n) is 3.92. The number of amides is 3. The highest BCUT2D eigenvalue weighted by Gasteiger charge is 2.16. The molecule has 1 rings (SSSR count). The molecule has 0 radical (unpaired) electrons. The van der Waals surface area contributed by atoms with Crippen molar-refractivity contribution in [1.82, 2.24) is 16.0 Å². The van der Waals surface area contributed by atoms with Crippen LogP contribution in [0, 0.1) is 0 Å². The number of urea groups is 1. The summed E-state index contributed by atoms with van der Waals surface area (Å²) in [6, 6.07) is 0.201. The molecule has 0 aliphatic heterocycles. The average molecular weight is 313 g/mol. The molecule has 1 aliphatic carbocycles. The molecular formula is C16H31N3O3. The highest BCUT2D eigenvalue weighted by atomic mass is 16.5. The van der Waals surface area contributed by atoms with E-state index in [1.165, 1.54) is 19.3 Å². The van der Waals surface area contributed by atoms with E-state index in [4.69, 9.17) is 4.74 Å². The lowest BCUT2D eigenvalue weighted by Crippen LogP contribution is -2.42. The number of carbonyl (C=O) groups excluding carboxylic acids is 2. The van der Waals surface area contributed by atoms with Crippen LogP contribution in [0.2, 0.25) is 0 Å². The quantitative estimate of drug-likeness (QED) is 0.603. The fourth-order valence-electron chi connectivity index (χ4n) is 2.62. The van der Waals surface area contributed by atoms with Gasteiger partial charge in [-0.1, -0.05) is 39.0 Å². The van der Waals surface area contributed by atoms with Gasteiger partial charge in [0.25, 0.3) is 0 Å². The van der Waals surface area contributed by atoms with Crippen LogP contribution in [-0.2, 0) is 4.74 Å². The fourth-order valence-corrected chi connectivity index (χ4v) is 2.62. The first-order valence-corrected chi connectivity index (χ1v) is 8.59. The average Bonchev–Trinajstić information content (AvgIpc) is 2.50. The van der Waals surface area contributed by atoms with Gasteiger partial charge in [-0.05, 0) is 26.2 Å². The van der Waals surface area contributed by atoms with Crippen molar-refractivity contribution in [3.8, 4) is 0 Å². The maximum atomic E-state index is 11.6. The van der Waals surface area contributed by atoms with Crippen molar-refractivity contribution in [3.05, 3.63) is 0 Å². The summed E-state index contributed by atoms with van der Waals surface area (Å²) in [6.45, 7) is 4.63. The monoisotopic (exact) mass is 313 g/mol. The molecule has 0 bridgehead atoms. The number of unbranched alkanes of at least 4 members (excludes halogenated alkanes) is 1. The van der Waals surface area contributed by atoms with E-state index in [0.717, 1.165) is 32.1 Å².